The van der Waals surface area contributed by atoms with Crippen molar-refractivity contribution < 1.29 is 39.9 Å². The lowest BCUT2D eigenvalue weighted by Gasteiger charge is -2.63. The normalized spacial score (nSPS) is 32.7. The molecule has 0 saturated heterocycles. The van der Waals surface area contributed by atoms with Gasteiger partial charge in [-0.3, -0.25) is 14.4 Å². The minimum Gasteiger partial charge on any atom is -0.511 e. The molecule has 4 rings (SSSR count). The third-order valence-corrected chi connectivity index (χ3v) is 11.1. The van der Waals surface area contributed by atoms with Gasteiger partial charge in [-0.05, 0) is 42.1 Å². The highest BCUT2D eigenvalue weighted by Gasteiger charge is 2.76. The van der Waals surface area contributed by atoms with Crippen LogP contribution in [-0.2, 0) is 15.0 Å². The van der Waals surface area contributed by atoms with Gasteiger partial charge in [0, 0.05) is 22.3 Å². The Bertz CT molecular complexity index is 1460. The first-order valence-corrected chi connectivity index (χ1v) is 15.4. The Morgan fingerprint density at radius 2 is 1.63 bits per heavy atom. The largest absolute Gasteiger partial charge is 0.511 e. The van der Waals surface area contributed by atoms with Gasteiger partial charge in [-0.1, -0.05) is 87.3 Å². The first-order valence-electron chi connectivity index (χ1n) is 15.4. The van der Waals surface area contributed by atoms with Crippen molar-refractivity contribution in [2.45, 2.75) is 112 Å². The Morgan fingerprint density at radius 3 is 2.14 bits per heavy atom. The van der Waals surface area contributed by atoms with Crippen LogP contribution in [0.1, 0.15) is 116 Å². The number of phenolic OH excluding ortho intramolecular Hbond substituents is 1. The van der Waals surface area contributed by atoms with Crippen LogP contribution in [0.3, 0.4) is 0 Å². The summed E-state index contributed by atoms with van der Waals surface area (Å²) in [6.45, 7) is 17.6. The number of aromatic hydroxyl groups is 1. The Balaban J connectivity index is 2.02. The van der Waals surface area contributed by atoms with E-state index in [0.29, 0.717) is 17.0 Å². The molecule has 3 aliphatic carbocycles. The molecular formula is C35H48O8. The van der Waals surface area contributed by atoms with Crippen molar-refractivity contribution in [3.05, 3.63) is 51.5 Å². The van der Waals surface area contributed by atoms with E-state index in [0.717, 1.165) is 26.2 Å². The van der Waals surface area contributed by atoms with E-state index in [1.165, 1.54) is 6.92 Å². The van der Waals surface area contributed by atoms with Crippen molar-refractivity contribution in [2.24, 2.45) is 28.6 Å². The van der Waals surface area contributed by atoms with Crippen LogP contribution < -0.4 is 0 Å². The number of carbonyl (C=O) groups excluding carboxylic acids is 3. The number of benzene rings is 1. The van der Waals surface area contributed by atoms with Crippen molar-refractivity contribution in [1.29, 1.82) is 0 Å². The first kappa shape index (κ1) is 32.9. The van der Waals surface area contributed by atoms with Crippen LogP contribution in [-0.4, -0.2) is 54.6 Å². The molecule has 1 aromatic carbocycles. The lowest BCUT2D eigenvalue weighted by Crippen LogP contribution is -2.73. The maximum atomic E-state index is 14.4. The molecule has 0 amide bonds. The quantitative estimate of drug-likeness (QED) is 0.241. The number of hydrogen-bond acceptors (Lipinski definition) is 8. The standard InChI is InChI=1S/C35H48O8/c1-16(2)12-11-15-32(7,8)21-14-13-20-18(5)33(9)25(28(39)23(20)26(21)37)30(41)35(43)29(40)22(19(6)36)27(38)24(17(3)4)34(35,10)31(33)42/h13-14,16-18,24,31,37-38,41-43H,11-12,15H2,1-10H3/t18-,24?,31-,33+,34+,35+/m1/s1. The summed E-state index contributed by atoms with van der Waals surface area (Å²) in [6.07, 6.45) is 1.06. The summed E-state index contributed by atoms with van der Waals surface area (Å²) in [7, 11) is 0. The number of fused-ring (bicyclic) bond motifs is 3. The summed E-state index contributed by atoms with van der Waals surface area (Å²) in [5.74, 6) is -6.33. The predicted octanol–water partition coefficient (Wildman–Crippen LogP) is 5.98. The minimum atomic E-state index is -2.89. The van der Waals surface area contributed by atoms with Crippen LogP contribution >= 0.6 is 0 Å². The molecule has 3 aliphatic rings. The number of allylic oxidation sites excluding steroid dienone is 1. The Kier molecular flexibility index (Phi) is 7.89. The van der Waals surface area contributed by atoms with Crippen LogP contribution in [0.25, 0.3) is 0 Å². The second-order valence-electron chi connectivity index (χ2n) is 14.9. The summed E-state index contributed by atoms with van der Waals surface area (Å²) >= 11 is 0. The highest BCUT2D eigenvalue weighted by molar-refractivity contribution is 6.25. The van der Waals surface area contributed by atoms with Crippen LogP contribution in [0, 0.1) is 28.6 Å². The molecule has 8 heteroatoms. The molecule has 43 heavy (non-hydrogen) atoms. The second kappa shape index (κ2) is 10.3. The zero-order valence-electron chi connectivity index (χ0n) is 27.1. The molecule has 0 saturated carbocycles. The molecule has 1 aromatic rings. The van der Waals surface area contributed by atoms with Crippen LogP contribution in [0.2, 0.25) is 0 Å². The van der Waals surface area contributed by atoms with Crippen LogP contribution in [0.5, 0.6) is 5.75 Å². The molecule has 0 radical (unpaired) electrons. The number of ketones is 3. The molecule has 0 spiro atoms. The van der Waals surface area contributed by atoms with Gasteiger partial charge in [0.1, 0.15) is 22.8 Å². The van der Waals surface area contributed by atoms with Crippen molar-refractivity contribution in [1.82, 2.24) is 0 Å². The average molecular weight is 597 g/mol. The highest BCUT2D eigenvalue weighted by Crippen LogP contribution is 2.67. The predicted molar refractivity (Wildman–Crippen MR) is 163 cm³/mol. The van der Waals surface area contributed by atoms with Crippen molar-refractivity contribution >= 4 is 17.3 Å². The number of aliphatic hydroxyl groups is 4. The van der Waals surface area contributed by atoms with Crippen molar-refractivity contribution in [3.63, 3.8) is 0 Å². The highest BCUT2D eigenvalue weighted by atomic mass is 16.4. The van der Waals surface area contributed by atoms with Crippen LogP contribution in [0.4, 0.5) is 0 Å². The Labute approximate surface area is 254 Å². The van der Waals surface area contributed by atoms with Gasteiger partial charge in [-0.2, -0.15) is 0 Å². The Hall–Kier alpha value is -2.97. The van der Waals surface area contributed by atoms with E-state index in [9.17, 15) is 39.9 Å². The van der Waals surface area contributed by atoms with E-state index < -0.39 is 80.1 Å². The molecule has 0 aliphatic heterocycles. The zero-order chi connectivity index (χ0) is 32.8. The topological polar surface area (TPSA) is 152 Å². The number of aliphatic hydroxyl groups excluding tert-OH is 3. The van der Waals surface area contributed by atoms with Crippen molar-refractivity contribution in [3.8, 4) is 5.75 Å². The molecular weight excluding hydrogens is 548 g/mol. The monoisotopic (exact) mass is 596 g/mol. The number of hydrogen-bond donors (Lipinski definition) is 5. The third kappa shape index (κ3) is 4.12. The molecule has 0 heterocycles. The van der Waals surface area contributed by atoms with Gasteiger partial charge in [0.05, 0.1) is 17.2 Å². The number of rotatable bonds is 7. The first-order chi connectivity index (χ1) is 19.6. The van der Waals surface area contributed by atoms with Crippen molar-refractivity contribution in [2.75, 3.05) is 0 Å². The van der Waals surface area contributed by atoms with E-state index in [2.05, 4.69) is 13.8 Å². The number of phenols is 1. The smallest absolute Gasteiger partial charge is 0.209 e. The molecule has 1 unspecified atom stereocenters. The lowest BCUT2D eigenvalue weighted by atomic mass is 9.41. The number of carbonyl (C=O) groups is 3. The molecule has 0 bridgehead atoms. The van der Waals surface area contributed by atoms with E-state index in [1.807, 2.05) is 19.9 Å². The fraction of sp³-hybridized carbons (Fsp3) is 0.629. The number of Topliss-reactive ketones (excluding diaryl/α,β-unsaturated/α-hetero) is 3. The summed E-state index contributed by atoms with van der Waals surface area (Å²) in [6, 6.07) is 3.59. The van der Waals surface area contributed by atoms with Gasteiger partial charge in [-0.15, -0.1) is 0 Å². The molecule has 6 atom stereocenters. The molecule has 0 aromatic heterocycles. The summed E-state index contributed by atoms with van der Waals surface area (Å²) in [5.41, 5.74) is -6.85. The average Bonchev–Trinajstić information content (AvgIpc) is 2.88. The molecule has 236 valence electrons. The summed E-state index contributed by atoms with van der Waals surface area (Å²) in [4.78, 5) is 41.0. The maximum absolute atomic E-state index is 14.4. The maximum Gasteiger partial charge on any atom is 0.209 e. The molecule has 0 fully saturated rings. The third-order valence-electron chi connectivity index (χ3n) is 11.1. The second-order valence-corrected chi connectivity index (χ2v) is 14.9. The van der Waals surface area contributed by atoms with Gasteiger partial charge in [0.15, 0.2) is 17.2 Å². The summed E-state index contributed by atoms with van der Waals surface area (Å²) in [5, 5.41) is 59.5. The van der Waals surface area contributed by atoms with Gasteiger partial charge >= 0.3 is 0 Å². The fourth-order valence-electron chi connectivity index (χ4n) is 8.57. The van der Waals surface area contributed by atoms with E-state index in [4.69, 9.17) is 0 Å². The Morgan fingerprint density at radius 1 is 1.05 bits per heavy atom. The van der Waals surface area contributed by atoms with Gasteiger partial charge in [-0.25, -0.2) is 0 Å². The van der Waals surface area contributed by atoms with Gasteiger partial charge < -0.3 is 25.5 Å². The summed E-state index contributed by atoms with van der Waals surface area (Å²) < 4.78 is 0. The minimum absolute atomic E-state index is 0.0331. The van der Waals surface area contributed by atoms with Gasteiger partial charge in [0.25, 0.3) is 0 Å². The molecule has 5 N–H and O–H groups in total. The SMILES string of the molecule is CC(=O)C1=C(O)C(C(C)C)[C@@]2(C)[C@H](O)[C@]3(C)C(=C(O)[C@@]2(O)C1=O)C(=O)c1c(ccc(C(C)(C)CCCC(C)C)c1O)[C@H]3C. The van der Waals surface area contributed by atoms with Gasteiger partial charge in [0.2, 0.25) is 5.78 Å². The lowest BCUT2D eigenvalue weighted by molar-refractivity contribution is -0.211. The van der Waals surface area contributed by atoms with E-state index in [-0.39, 0.29) is 16.9 Å². The zero-order valence-corrected chi connectivity index (χ0v) is 27.1. The molecule has 8 nitrogen and oxygen atoms in total. The van der Waals surface area contributed by atoms with Crippen LogP contribution in [0.15, 0.2) is 34.8 Å². The van der Waals surface area contributed by atoms with E-state index in [1.54, 1.807) is 33.8 Å². The van der Waals surface area contributed by atoms with E-state index >= 15 is 0 Å². The fourth-order valence-corrected chi connectivity index (χ4v) is 8.57.